The summed E-state index contributed by atoms with van der Waals surface area (Å²) in [5.74, 6) is 0.359. The minimum atomic E-state index is -0.586. The van der Waals surface area contributed by atoms with E-state index in [1.165, 1.54) is 25.7 Å². The van der Waals surface area contributed by atoms with Crippen molar-refractivity contribution >= 4 is 11.8 Å². The van der Waals surface area contributed by atoms with Crippen LogP contribution in [0.1, 0.15) is 39.0 Å². The normalized spacial score (nSPS) is 23.4. The summed E-state index contributed by atoms with van der Waals surface area (Å²) in [6.45, 7) is 3.56. The van der Waals surface area contributed by atoms with Crippen molar-refractivity contribution in [2.45, 2.75) is 39.0 Å². The zero-order valence-electron chi connectivity index (χ0n) is 11.2. The fraction of sp³-hybridized carbons (Fsp3) is 0.846. The average Bonchev–Trinajstić information content (AvgIpc) is 2.35. The molecule has 0 radical (unpaired) electrons. The third-order valence-corrected chi connectivity index (χ3v) is 3.52. The number of carbonyl (C=O) groups excluding carboxylic acids is 2. The number of rotatable bonds is 5. The first-order chi connectivity index (χ1) is 8.63. The van der Waals surface area contributed by atoms with E-state index in [1.54, 1.807) is 0 Å². The number of amides is 2. The molecule has 1 aliphatic rings. The quantitative estimate of drug-likeness (QED) is 0.621. The lowest BCUT2D eigenvalue weighted by molar-refractivity contribution is -0.139. The van der Waals surface area contributed by atoms with Crippen LogP contribution in [0.2, 0.25) is 0 Å². The number of hydrogen-bond donors (Lipinski definition) is 3. The van der Waals surface area contributed by atoms with Gasteiger partial charge in [-0.1, -0.05) is 26.2 Å². The van der Waals surface area contributed by atoms with Crippen LogP contribution in [-0.4, -0.2) is 31.4 Å². The Morgan fingerprint density at radius 3 is 2.44 bits per heavy atom. The summed E-state index contributed by atoms with van der Waals surface area (Å²) in [5.41, 5.74) is 5.24. The van der Waals surface area contributed by atoms with Crippen molar-refractivity contribution < 1.29 is 9.59 Å². The Morgan fingerprint density at radius 1 is 1.17 bits per heavy atom. The van der Waals surface area contributed by atoms with Gasteiger partial charge in [0, 0.05) is 19.6 Å². The maximum Gasteiger partial charge on any atom is 0.309 e. The topological polar surface area (TPSA) is 84.2 Å². The molecule has 0 spiro atoms. The summed E-state index contributed by atoms with van der Waals surface area (Å²) in [5, 5.41) is 5.11. The van der Waals surface area contributed by atoms with Crippen molar-refractivity contribution in [3.05, 3.63) is 0 Å². The molecule has 18 heavy (non-hydrogen) atoms. The Hall–Kier alpha value is -1.10. The van der Waals surface area contributed by atoms with E-state index in [0.717, 1.165) is 12.3 Å². The molecule has 2 amide bonds. The Morgan fingerprint density at radius 2 is 1.83 bits per heavy atom. The van der Waals surface area contributed by atoms with Crippen molar-refractivity contribution in [3.8, 4) is 0 Å². The van der Waals surface area contributed by atoms with Crippen LogP contribution in [-0.2, 0) is 9.59 Å². The van der Waals surface area contributed by atoms with Gasteiger partial charge in [-0.05, 0) is 24.7 Å². The second-order valence-electron chi connectivity index (χ2n) is 5.23. The van der Waals surface area contributed by atoms with Gasteiger partial charge in [-0.2, -0.15) is 0 Å². The lowest BCUT2D eigenvalue weighted by Gasteiger charge is -2.26. The van der Waals surface area contributed by atoms with Crippen molar-refractivity contribution in [2.24, 2.45) is 17.6 Å². The highest BCUT2D eigenvalue weighted by Crippen LogP contribution is 2.30. The molecular formula is C13H25N3O2. The van der Waals surface area contributed by atoms with E-state index in [9.17, 15) is 9.59 Å². The number of carbonyl (C=O) groups is 2. The number of nitrogens with two attached hydrogens (primary N) is 1. The molecule has 2 unspecified atom stereocenters. The van der Waals surface area contributed by atoms with Crippen molar-refractivity contribution in [3.63, 3.8) is 0 Å². The van der Waals surface area contributed by atoms with Crippen molar-refractivity contribution in [1.29, 1.82) is 0 Å². The fourth-order valence-electron chi connectivity index (χ4n) is 2.56. The predicted octanol–water partition coefficient (Wildman–Crippen LogP) is 0.394. The summed E-state index contributed by atoms with van der Waals surface area (Å²) < 4.78 is 0. The molecule has 0 bridgehead atoms. The van der Waals surface area contributed by atoms with E-state index < -0.39 is 11.8 Å². The average molecular weight is 255 g/mol. The lowest BCUT2D eigenvalue weighted by Crippen LogP contribution is -2.42. The summed E-state index contributed by atoms with van der Waals surface area (Å²) in [6, 6.07) is 0. The molecule has 0 aromatic carbocycles. The maximum absolute atomic E-state index is 11.4. The Labute approximate surface area is 109 Å². The molecular weight excluding hydrogens is 230 g/mol. The van der Waals surface area contributed by atoms with Crippen molar-refractivity contribution in [1.82, 2.24) is 10.6 Å². The molecule has 5 heteroatoms. The van der Waals surface area contributed by atoms with Crippen LogP contribution >= 0.6 is 0 Å². The van der Waals surface area contributed by atoms with Gasteiger partial charge in [0.15, 0.2) is 0 Å². The van der Waals surface area contributed by atoms with E-state index in [2.05, 4.69) is 17.6 Å². The fourth-order valence-corrected chi connectivity index (χ4v) is 2.56. The van der Waals surface area contributed by atoms with Gasteiger partial charge in [-0.25, -0.2) is 0 Å². The van der Waals surface area contributed by atoms with E-state index in [4.69, 9.17) is 5.73 Å². The molecule has 1 aliphatic carbocycles. The highest BCUT2D eigenvalue weighted by molar-refractivity contribution is 6.35. The molecule has 0 heterocycles. The van der Waals surface area contributed by atoms with E-state index >= 15 is 0 Å². The summed E-state index contributed by atoms with van der Waals surface area (Å²) in [6.07, 6.45) is 6.08. The summed E-state index contributed by atoms with van der Waals surface area (Å²) in [7, 11) is 0. The minimum Gasteiger partial charge on any atom is -0.348 e. The Kier molecular flexibility index (Phi) is 6.72. The van der Waals surface area contributed by atoms with Crippen LogP contribution in [0.3, 0.4) is 0 Å². The zero-order valence-corrected chi connectivity index (χ0v) is 11.2. The second kappa shape index (κ2) is 8.08. The van der Waals surface area contributed by atoms with Crippen LogP contribution in [0.15, 0.2) is 0 Å². The van der Waals surface area contributed by atoms with Crippen LogP contribution in [0.4, 0.5) is 0 Å². The minimum absolute atomic E-state index is 0.340. The first-order valence-corrected chi connectivity index (χ1v) is 6.89. The van der Waals surface area contributed by atoms with Crippen LogP contribution in [0.5, 0.6) is 0 Å². The van der Waals surface area contributed by atoms with Crippen molar-refractivity contribution in [2.75, 3.05) is 19.6 Å². The van der Waals surface area contributed by atoms with Gasteiger partial charge in [-0.15, -0.1) is 0 Å². The number of hydrogen-bond acceptors (Lipinski definition) is 3. The first-order valence-electron chi connectivity index (χ1n) is 6.89. The molecule has 1 saturated carbocycles. The molecule has 0 saturated heterocycles. The summed E-state index contributed by atoms with van der Waals surface area (Å²) >= 11 is 0. The van der Waals surface area contributed by atoms with Gasteiger partial charge in [0.05, 0.1) is 0 Å². The molecule has 0 aliphatic heterocycles. The zero-order chi connectivity index (χ0) is 13.4. The standard InChI is InChI=1S/C13H25N3O2/c1-10-3-2-4-11(9-10)5-7-15-12(17)13(18)16-8-6-14/h10-11H,2-9,14H2,1H3,(H,15,17)(H,16,18). The van der Waals surface area contributed by atoms with Gasteiger partial charge in [0.25, 0.3) is 0 Å². The largest absolute Gasteiger partial charge is 0.348 e. The smallest absolute Gasteiger partial charge is 0.309 e. The molecule has 1 fully saturated rings. The van der Waals surface area contributed by atoms with Crippen LogP contribution < -0.4 is 16.4 Å². The molecule has 5 nitrogen and oxygen atoms in total. The van der Waals surface area contributed by atoms with Gasteiger partial charge in [-0.3, -0.25) is 9.59 Å². The third-order valence-electron chi connectivity index (χ3n) is 3.52. The van der Waals surface area contributed by atoms with E-state index in [-0.39, 0.29) is 0 Å². The van der Waals surface area contributed by atoms with Crippen LogP contribution in [0.25, 0.3) is 0 Å². The predicted molar refractivity (Wildman–Crippen MR) is 70.8 cm³/mol. The number of nitrogens with one attached hydrogen (secondary N) is 2. The monoisotopic (exact) mass is 255 g/mol. The molecule has 0 aromatic rings. The second-order valence-corrected chi connectivity index (χ2v) is 5.23. The highest BCUT2D eigenvalue weighted by Gasteiger charge is 2.19. The first kappa shape index (κ1) is 15.0. The SMILES string of the molecule is CC1CCCC(CCNC(=O)C(=O)NCCN)C1. The van der Waals surface area contributed by atoms with E-state index in [1.807, 2.05) is 0 Å². The third kappa shape index (κ3) is 5.49. The van der Waals surface area contributed by atoms with Gasteiger partial charge < -0.3 is 16.4 Å². The molecule has 0 aromatic heterocycles. The lowest BCUT2D eigenvalue weighted by atomic mass is 9.81. The Balaban J connectivity index is 2.13. The van der Waals surface area contributed by atoms with Gasteiger partial charge >= 0.3 is 11.8 Å². The molecule has 2 atom stereocenters. The molecule has 104 valence electrons. The molecule has 1 rings (SSSR count). The Bertz CT molecular complexity index is 281. The van der Waals surface area contributed by atoms with Gasteiger partial charge in [0.2, 0.25) is 0 Å². The maximum atomic E-state index is 11.4. The van der Waals surface area contributed by atoms with Gasteiger partial charge in [0.1, 0.15) is 0 Å². The summed E-state index contributed by atoms with van der Waals surface area (Å²) in [4.78, 5) is 22.6. The van der Waals surface area contributed by atoms with E-state index in [0.29, 0.717) is 25.6 Å². The van der Waals surface area contributed by atoms with Crippen LogP contribution in [0, 0.1) is 11.8 Å². The molecule has 4 N–H and O–H groups in total. The highest BCUT2D eigenvalue weighted by atomic mass is 16.2.